The predicted molar refractivity (Wildman–Crippen MR) is 173 cm³/mol. The van der Waals surface area contributed by atoms with Gasteiger partial charge in [0.2, 0.25) is 5.60 Å². The van der Waals surface area contributed by atoms with Crippen molar-refractivity contribution in [3.05, 3.63) is 121 Å². The molecule has 0 aliphatic rings. The summed E-state index contributed by atoms with van der Waals surface area (Å²) in [6.07, 6.45) is 6.40. The van der Waals surface area contributed by atoms with E-state index in [4.69, 9.17) is 28.4 Å². The molecule has 0 heterocycles. The van der Waals surface area contributed by atoms with Crippen LogP contribution in [-0.2, 0) is 14.3 Å². The van der Waals surface area contributed by atoms with Crippen molar-refractivity contribution in [2.24, 2.45) is 0 Å². The van der Waals surface area contributed by atoms with E-state index in [9.17, 15) is 9.59 Å². The second kappa shape index (κ2) is 15.8. The number of benzene rings is 4. The number of hydrogen-bond acceptors (Lipinski definition) is 8. The first-order valence-electron chi connectivity index (χ1n) is 14.3. The Morgan fingerprint density at radius 3 is 2.02 bits per heavy atom. The number of carbonyl (C=O) groups is 2. The van der Waals surface area contributed by atoms with E-state index in [0.29, 0.717) is 29.4 Å². The Bertz CT molecular complexity index is 1610. The molecule has 0 radical (unpaired) electrons. The average Bonchev–Trinajstić information content (AvgIpc) is 3.06. The van der Waals surface area contributed by atoms with Gasteiger partial charge in [-0.15, -0.1) is 0 Å². The second-order valence-corrected chi connectivity index (χ2v) is 10.2. The molecular weight excluding hydrogens is 572 g/mol. The fourth-order valence-electron chi connectivity index (χ4n) is 4.07. The van der Waals surface area contributed by atoms with E-state index in [1.807, 2.05) is 42.5 Å². The van der Waals surface area contributed by atoms with Crippen molar-refractivity contribution < 1.29 is 38.0 Å². The molecule has 0 aliphatic carbocycles. The van der Waals surface area contributed by atoms with Gasteiger partial charge >= 0.3 is 11.9 Å². The van der Waals surface area contributed by atoms with Crippen LogP contribution in [0.1, 0.15) is 19.4 Å². The minimum Gasteiger partial charge on any atom is -0.497 e. The van der Waals surface area contributed by atoms with Crippen molar-refractivity contribution in [3.8, 4) is 39.9 Å². The molecule has 0 aliphatic heterocycles. The molecule has 0 saturated heterocycles. The third-order valence-electron chi connectivity index (χ3n) is 6.52. The lowest BCUT2D eigenvalue weighted by molar-refractivity contribution is -0.149. The van der Waals surface area contributed by atoms with Crippen LogP contribution in [0.15, 0.2) is 115 Å². The summed E-state index contributed by atoms with van der Waals surface area (Å²) in [5, 5.41) is 0. The van der Waals surface area contributed by atoms with Crippen LogP contribution in [0.4, 0.5) is 0 Å². The molecule has 0 N–H and O–H groups in total. The molecule has 232 valence electrons. The van der Waals surface area contributed by atoms with E-state index in [-0.39, 0.29) is 12.4 Å². The smallest absolute Gasteiger partial charge is 0.355 e. The molecule has 4 aromatic rings. The van der Waals surface area contributed by atoms with E-state index in [0.717, 1.165) is 16.9 Å². The molecular formula is C37H36O8. The van der Waals surface area contributed by atoms with Crippen molar-refractivity contribution in [3.63, 3.8) is 0 Å². The minimum absolute atomic E-state index is 0.103. The zero-order valence-corrected chi connectivity index (χ0v) is 25.7. The fourth-order valence-corrected chi connectivity index (χ4v) is 4.07. The molecule has 45 heavy (non-hydrogen) atoms. The Labute approximate surface area is 263 Å². The first-order valence-corrected chi connectivity index (χ1v) is 14.3. The quantitative estimate of drug-likeness (QED) is 0.0637. The molecule has 0 saturated carbocycles. The van der Waals surface area contributed by atoms with Crippen LogP contribution in [0.2, 0.25) is 0 Å². The van der Waals surface area contributed by atoms with Crippen molar-refractivity contribution >= 4 is 18.0 Å². The maximum absolute atomic E-state index is 12.9. The molecule has 0 bridgehead atoms. The fraction of sp³-hybridized carbons (Fsp3) is 0.189. The average molecular weight is 609 g/mol. The first-order chi connectivity index (χ1) is 21.8. The number of methoxy groups -OCH3 is 2. The number of carbonyl (C=O) groups excluding carboxylic acids is 2. The Balaban J connectivity index is 1.21. The lowest BCUT2D eigenvalue weighted by Crippen LogP contribution is -2.41. The topological polar surface area (TPSA) is 89.5 Å². The molecule has 4 aromatic carbocycles. The molecule has 0 spiro atoms. The maximum Gasteiger partial charge on any atom is 0.355 e. The summed E-state index contributed by atoms with van der Waals surface area (Å²) in [5.41, 5.74) is 1.64. The lowest BCUT2D eigenvalue weighted by atomic mass is 10.1. The van der Waals surface area contributed by atoms with E-state index in [1.54, 1.807) is 81.6 Å². The summed E-state index contributed by atoms with van der Waals surface area (Å²) >= 11 is 0. The normalized spacial score (nSPS) is 11.3. The molecule has 8 nitrogen and oxygen atoms in total. The van der Waals surface area contributed by atoms with Crippen LogP contribution in [-0.4, -0.2) is 45.0 Å². The van der Waals surface area contributed by atoms with Crippen molar-refractivity contribution in [1.82, 2.24) is 0 Å². The monoisotopic (exact) mass is 608 g/mol. The van der Waals surface area contributed by atoms with Crippen LogP contribution in [0.3, 0.4) is 0 Å². The van der Waals surface area contributed by atoms with Crippen LogP contribution in [0, 0.1) is 0 Å². The van der Waals surface area contributed by atoms with Gasteiger partial charge in [0.15, 0.2) is 11.5 Å². The highest BCUT2D eigenvalue weighted by Crippen LogP contribution is 2.31. The first kappa shape index (κ1) is 32.4. The highest BCUT2D eigenvalue weighted by Gasteiger charge is 2.33. The second-order valence-electron chi connectivity index (χ2n) is 10.2. The standard InChI is InChI=1S/C37H36O8/c1-37(2,45-32-20-18-30(40-3)19-21-32)36(39)44-33-22-12-27(26-34(33)41-4)13-23-35(38)43-25-9-8-24-42-31-16-14-29(15-17-31)28-10-6-5-7-11-28/h5-23,26H,24-25H2,1-4H3. The van der Waals surface area contributed by atoms with Crippen LogP contribution in [0.5, 0.6) is 28.7 Å². The molecule has 0 aromatic heterocycles. The largest absolute Gasteiger partial charge is 0.497 e. The van der Waals surface area contributed by atoms with Gasteiger partial charge in [-0.05, 0) is 97.3 Å². The van der Waals surface area contributed by atoms with Gasteiger partial charge < -0.3 is 28.4 Å². The van der Waals surface area contributed by atoms with Gasteiger partial charge in [0.05, 0.1) is 14.2 Å². The molecule has 0 fully saturated rings. The zero-order chi connectivity index (χ0) is 32.1. The summed E-state index contributed by atoms with van der Waals surface area (Å²) in [5.74, 6) is 1.33. The molecule has 0 amide bonds. The van der Waals surface area contributed by atoms with Gasteiger partial charge in [0, 0.05) is 6.08 Å². The van der Waals surface area contributed by atoms with Crippen LogP contribution >= 0.6 is 0 Å². The highest BCUT2D eigenvalue weighted by molar-refractivity contribution is 5.87. The molecule has 4 rings (SSSR count). The summed E-state index contributed by atoms with van der Waals surface area (Å²) in [7, 11) is 3.03. The predicted octanol–water partition coefficient (Wildman–Crippen LogP) is 7.33. The van der Waals surface area contributed by atoms with Crippen molar-refractivity contribution in [2.75, 3.05) is 27.4 Å². The molecule has 8 heteroatoms. The molecule has 0 unspecified atom stereocenters. The Morgan fingerprint density at radius 2 is 1.33 bits per heavy atom. The Morgan fingerprint density at radius 1 is 0.689 bits per heavy atom. The number of ether oxygens (including phenoxy) is 6. The van der Waals surface area contributed by atoms with E-state index in [2.05, 4.69) is 12.1 Å². The number of hydrogen-bond donors (Lipinski definition) is 0. The molecule has 0 atom stereocenters. The summed E-state index contributed by atoms with van der Waals surface area (Å²) in [4.78, 5) is 25.1. The van der Waals surface area contributed by atoms with Gasteiger partial charge in [-0.1, -0.05) is 48.5 Å². The van der Waals surface area contributed by atoms with Gasteiger partial charge in [0.25, 0.3) is 0 Å². The van der Waals surface area contributed by atoms with Crippen LogP contribution < -0.4 is 23.7 Å². The van der Waals surface area contributed by atoms with Crippen LogP contribution in [0.25, 0.3) is 17.2 Å². The lowest BCUT2D eigenvalue weighted by Gasteiger charge is -2.24. The van der Waals surface area contributed by atoms with E-state index in [1.165, 1.54) is 13.2 Å². The Hall–Kier alpha value is -5.50. The van der Waals surface area contributed by atoms with E-state index < -0.39 is 17.5 Å². The summed E-state index contributed by atoms with van der Waals surface area (Å²) in [6, 6.07) is 29.8. The number of esters is 2. The summed E-state index contributed by atoms with van der Waals surface area (Å²) < 4.78 is 32.9. The Kier molecular flexibility index (Phi) is 11.4. The van der Waals surface area contributed by atoms with Gasteiger partial charge in [-0.25, -0.2) is 9.59 Å². The van der Waals surface area contributed by atoms with Gasteiger partial charge in [0.1, 0.15) is 30.5 Å². The van der Waals surface area contributed by atoms with Gasteiger partial charge in [-0.2, -0.15) is 0 Å². The van der Waals surface area contributed by atoms with Crippen molar-refractivity contribution in [1.29, 1.82) is 0 Å². The zero-order valence-electron chi connectivity index (χ0n) is 25.7. The highest BCUT2D eigenvalue weighted by atomic mass is 16.6. The van der Waals surface area contributed by atoms with Crippen molar-refractivity contribution in [2.45, 2.75) is 19.4 Å². The SMILES string of the molecule is COc1ccc(OC(C)(C)C(=O)Oc2ccc(C=CC(=O)OCC=CCOc3ccc(-c4ccccc4)cc3)cc2OC)cc1. The number of rotatable bonds is 14. The third kappa shape index (κ3) is 9.76. The van der Waals surface area contributed by atoms with E-state index >= 15 is 0 Å². The third-order valence-corrected chi connectivity index (χ3v) is 6.52. The van der Waals surface area contributed by atoms with Gasteiger partial charge in [-0.3, -0.25) is 0 Å². The maximum atomic E-state index is 12.9. The minimum atomic E-state index is -1.28. The summed E-state index contributed by atoms with van der Waals surface area (Å²) in [6.45, 7) is 3.68.